The maximum atomic E-state index is 12.5. The van der Waals surface area contributed by atoms with Gasteiger partial charge in [0.2, 0.25) is 6.23 Å². The van der Waals surface area contributed by atoms with Crippen LogP contribution in [0.2, 0.25) is 0 Å². The Hall–Kier alpha value is -1.40. The van der Waals surface area contributed by atoms with E-state index in [-0.39, 0.29) is 6.54 Å². The van der Waals surface area contributed by atoms with Crippen LogP contribution in [0.3, 0.4) is 0 Å². The molecule has 10 nitrogen and oxygen atoms in total. The van der Waals surface area contributed by atoms with Gasteiger partial charge in [0.1, 0.15) is 18.4 Å². The fourth-order valence-corrected chi connectivity index (χ4v) is 3.11. The third-order valence-electron chi connectivity index (χ3n) is 4.77. The van der Waals surface area contributed by atoms with Crippen molar-refractivity contribution >= 4 is 11.9 Å². The molecule has 25 heavy (non-hydrogen) atoms. The predicted molar refractivity (Wildman–Crippen MR) is 82.2 cm³/mol. The van der Waals surface area contributed by atoms with E-state index < -0.39 is 59.8 Å². The number of rotatable bonds is 7. The molecular weight excluding hydrogens is 336 g/mol. The first-order chi connectivity index (χ1) is 11.7. The molecule has 1 saturated heterocycles. The molecule has 2 unspecified atom stereocenters. The van der Waals surface area contributed by atoms with Gasteiger partial charge in [0.15, 0.2) is 12.4 Å². The molecule has 10 heteroatoms. The first-order valence-corrected chi connectivity index (χ1v) is 8.13. The van der Waals surface area contributed by atoms with Crippen molar-refractivity contribution in [1.29, 1.82) is 0 Å². The fraction of sp³-hybridized carbons (Fsp3) is 0.733. The second-order valence-corrected chi connectivity index (χ2v) is 6.53. The molecule has 0 bridgehead atoms. The predicted octanol–water partition coefficient (Wildman–Crippen LogP) is -2.27. The lowest BCUT2D eigenvalue weighted by molar-refractivity contribution is -0.856. The van der Waals surface area contributed by atoms with Crippen molar-refractivity contribution in [3.8, 4) is 0 Å². The molecule has 0 aromatic heterocycles. The largest absolute Gasteiger partial charge is 0.430 e. The SMILES string of the molecule is CC(CCC[N+]1([C@@H]2O[C@H](CO)[C@@H](O)[C@H]2O)C=CC(=O)NC1=O)C(O)O. The molecule has 0 aromatic rings. The molecule has 3 amide bonds. The number of nitrogens with one attached hydrogen (secondary N) is 1. The summed E-state index contributed by atoms with van der Waals surface area (Å²) in [6.45, 7) is 1.20. The molecule has 0 saturated carbocycles. The summed E-state index contributed by atoms with van der Waals surface area (Å²) >= 11 is 0. The number of hydrogen-bond donors (Lipinski definition) is 6. The highest BCUT2D eigenvalue weighted by atomic mass is 16.6. The van der Waals surface area contributed by atoms with E-state index in [1.807, 2.05) is 0 Å². The van der Waals surface area contributed by atoms with Crippen LogP contribution in [0.5, 0.6) is 0 Å². The van der Waals surface area contributed by atoms with Gasteiger partial charge in [-0.3, -0.25) is 4.79 Å². The van der Waals surface area contributed by atoms with Crippen molar-refractivity contribution < 1.29 is 44.3 Å². The molecule has 2 heterocycles. The van der Waals surface area contributed by atoms with Crippen LogP contribution in [0.1, 0.15) is 19.8 Å². The molecular formula is C15H25N2O8+. The quantitative estimate of drug-likeness (QED) is 0.219. The number of carbonyl (C=O) groups is 2. The Bertz CT molecular complexity index is 540. The monoisotopic (exact) mass is 361 g/mol. The minimum atomic E-state index is -1.49. The molecule has 2 aliphatic heterocycles. The fourth-order valence-electron chi connectivity index (χ4n) is 3.11. The van der Waals surface area contributed by atoms with E-state index in [0.717, 1.165) is 6.08 Å². The van der Waals surface area contributed by atoms with Gasteiger partial charge in [0, 0.05) is 5.92 Å². The first kappa shape index (κ1) is 19.9. The smallest absolute Gasteiger partial charge is 0.394 e. The van der Waals surface area contributed by atoms with Gasteiger partial charge in [0.05, 0.1) is 19.2 Å². The van der Waals surface area contributed by atoms with Crippen LogP contribution in [0.15, 0.2) is 12.3 Å². The van der Waals surface area contributed by atoms with Crippen molar-refractivity contribution in [2.75, 3.05) is 13.2 Å². The summed E-state index contributed by atoms with van der Waals surface area (Å²) in [5.74, 6) is -1.03. The number of nitrogens with zero attached hydrogens (tertiary/aromatic N) is 1. The number of aliphatic hydroxyl groups excluding tert-OH is 4. The summed E-state index contributed by atoms with van der Waals surface area (Å²) < 4.78 is 4.90. The van der Waals surface area contributed by atoms with E-state index in [9.17, 15) is 24.9 Å². The number of urea groups is 1. The second-order valence-electron chi connectivity index (χ2n) is 6.53. The third-order valence-corrected chi connectivity index (χ3v) is 4.77. The van der Waals surface area contributed by atoms with Crippen LogP contribution in [0.4, 0.5) is 4.79 Å². The Labute approximate surface area is 144 Å². The van der Waals surface area contributed by atoms with Crippen LogP contribution in [0, 0.1) is 5.92 Å². The lowest BCUT2D eigenvalue weighted by Crippen LogP contribution is -2.65. The Morgan fingerprint density at radius 2 is 1.96 bits per heavy atom. The number of amides is 3. The van der Waals surface area contributed by atoms with E-state index in [2.05, 4.69) is 5.32 Å². The van der Waals surface area contributed by atoms with Crippen molar-refractivity contribution in [3.05, 3.63) is 12.3 Å². The average molecular weight is 361 g/mol. The molecule has 0 aliphatic carbocycles. The lowest BCUT2D eigenvalue weighted by atomic mass is 10.0. The van der Waals surface area contributed by atoms with Gasteiger partial charge in [-0.1, -0.05) is 6.92 Å². The van der Waals surface area contributed by atoms with Crippen LogP contribution >= 0.6 is 0 Å². The Morgan fingerprint density at radius 3 is 2.48 bits per heavy atom. The molecule has 0 spiro atoms. The summed E-state index contributed by atoms with van der Waals surface area (Å²) in [5, 5.41) is 49.9. The van der Waals surface area contributed by atoms with E-state index in [4.69, 9.17) is 14.9 Å². The highest BCUT2D eigenvalue weighted by Gasteiger charge is 2.57. The molecule has 0 aromatic carbocycles. The molecule has 2 aliphatic rings. The van der Waals surface area contributed by atoms with Crippen LogP contribution in [0.25, 0.3) is 0 Å². The number of aliphatic hydroxyl groups is 5. The Kier molecular flexibility index (Phi) is 6.27. The third kappa shape index (κ3) is 3.90. The van der Waals surface area contributed by atoms with Gasteiger partial charge in [-0.25, -0.2) is 10.1 Å². The number of ether oxygens (including phenoxy) is 1. The summed E-state index contributed by atoms with van der Waals surface area (Å²) in [5.41, 5.74) is 0. The van der Waals surface area contributed by atoms with Crippen molar-refractivity contribution in [2.24, 2.45) is 5.92 Å². The van der Waals surface area contributed by atoms with Gasteiger partial charge in [-0.05, 0) is 12.8 Å². The topological polar surface area (TPSA) is 157 Å². The maximum Gasteiger partial charge on any atom is 0.430 e. The van der Waals surface area contributed by atoms with Gasteiger partial charge >= 0.3 is 6.03 Å². The number of carbonyl (C=O) groups excluding carboxylic acids is 2. The van der Waals surface area contributed by atoms with Crippen LogP contribution in [-0.2, 0) is 9.53 Å². The van der Waals surface area contributed by atoms with Gasteiger partial charge in [0.25, 0.3) is 5.91 Å². The summed E-state index contributed by atoms with van der Waals surface area (Å²) in [6, 6.07) is -0.723. The number of quaternary nitrogens is 1. The highest BCUT2D eigenvalue weighted by Crippen LogP contribution is 2.32. The van der Waals surface area contributed by atoms with E-state index in [0.29, 0.717) is 12.8 Å². The maximum absolute atomic E-state index is 12.5. The summed E-state index contributed by atoms with van der Waals surface area (Å²) in [7, 11) is 0. The zero-order valence-corrected chi connectivity index (χ0v) is 13.9. The standard InChI is InChI=1S/C15H24N2O8/c1-8(14(22)23)3-2-5-17(6-4-10(19)16-15(17)24)13-12(21)11(20)9(7-18)25-13/h4,6,8-9,11-14,18,20-23H,2-3,5,7H2,1H3/p+1/t8?,9-,11-,12-,13-,17?/m1/s1. The number of imide groups is 1. The Balaban J connectivity index is 2.23. The second kappa shape index (κ2) is 7.87. The first-order valence-electron chi connectivity index (χ1n) is 8.13. The number of hydrogen-bond acceptors (Lipinski definition) is 8. The zero-order valence-electron chi connectivity index (χ0n) is 13.9. The molecule has 6 N–H and O–H groups in total. The molecule has 0 radical (unpaired) electrons. The average Bonchev–Trinajstić information content (AvgIpc) is 2.85. The van der Waals surface area contributed by atoms with E-state index in [1.54, 1.807) is 6.92 Å². The van der Waals surface area contributed by atoms with Gasteiger partial charge in [-0.2, -0.15) is 4.48 Å². The summed E-state index contributed by atoms with van der Waals surface area (Å²) in [4.78, 5) is 24.0. The minimum absolute atomic E-state index is 0.0965. The van der Waals surface area contributed by atoms with Crippen LogP contribution in [-0.4, -0.2) is 85.9 Å². The Morgan fingerprint density at radius 1 is 1.28 bits per heavy atom. The summed E-state index contributed by atoms with van der Waals surface area (Å²) in [6.07, 6.45) is -3.39. The zero-order chi connectivity index (χ0) is 18.8. The van der Waals surface area contributed by atoms with Gasteiger partial charge < -0.3 is 30.3 Å². The lowest BCUT2D eigenvalue weighted by Gasteiger charge is -2.39. The van der Waals surface area contributed by atoms with Crippen molar-refractivity contribution in [3.63, 3.8) is 0 Å². The van der Waals surface area contributed by atoms with Crippen molar-refractivity contribution in [2.45, 2.75) is 50.6 Å². The van der Waals surface area contributed by atoms with Crippen molar-refractivity contribution in [1.82, 2.24) is 5.32 Å². The van der Waals surface area contributed by atoms with Gasteiger partial charge in [-0.15, -0.1) is 0 Å². The molecule has 142 valence electrons. The van der Waals surface area contributed by atoms with Crippen LogP contribution < -0.4 is 5.32 Å². The molecule has 6 atom stereocenters. The van der Waals surface area contributed by atoms with E-state index in [1.165, 1.54) is 6.20 Å². The molecule has 1 fully saturated rings. The van der Waals surface area contributed by atoms with E-state index >= 15 is 0 Å². The molecule has 2 rings (SSSR count). The highest BCUT2D eigenvalue weighted by molar-refractivity contribution is 6.00. The normalized spacial score (nSPS) is 36.8. The minimum Gasteiger partial charge on any atom is -0.394 e.